The second kappa shape index (κ2) is 7.37. The molecular weight excluding hydrogens is 362 g/mol. The predicted octanol–water partition coefficient (Wildman–Crippen LogP) is 1.19. The molecule has 5 aliphatic rings. The van der Waals surface area contributed by atoms with Crippen LogP contribution in [0.2, 0.25) is 0 Å². The Kier molecular flexibility index (Phi) is 5.05. The highest BCUT2D eigenvalue weighted by Crippen LogP contribution is 2.60. The van der Waals surface area contributed by atoms with E-state index in [0.29, 0.717) is 30.7 Å². The molecule has 28 heavy (non-hydrogen) atoms. The molecule has 154 valence electrons. The first-order chi connectivity index (χ1) is 13.4. The molecule has 4 amide bonds. The van der Waals surface area contributed by atoms with Gasteiger partial charge in [0, 0.05) is 13.6 Å². The highest BCUT2D eigenvalue weighted by Gasteiger charge is 2.57. The molecule has 0 radical (unpaired) electrons. The van der Waals surface area contributed by atoms with Crippen molar-refractivity contribution in [3.05, 3.63) is 0 Å². The fourth-order valence-corrected chi connectivity index (χ4v) is 6.39. The lowest BCUT2D eigenvalue weighted by molar-refractivity contribution is -0.166. The maximum absolute atomic E-state index is 13.5. The van der Waals surface area contributed by atoms with Gasteiger partial charge in [0.1, 0.15) is 6.04 Å². The zero-order valence-electron chi connectivity index (χ0n) is 16.4. The van der Waals surface area contributed by atoms with Crippen molar-refractivity contribution in [1.82, 2.24) is 15.5 Å². The van der Waals surface area contributed by atoms with Crippen LogP contribution < -0.4 is 10.6 Å². The number of imide groups is 1. The van der Waals surface area contributed by atoms with Crippen LogP contribution in [0.1, 0.15) is 51.4 Å². The van der Waals surface area contributed by atoms with Gasteiger partial charge >= 0.3 is 12.0 Å². The topological polar surface area (TPSA) is 105 Å². The largest absolute Gasteiger partial charge is 0.454 e. The summed E-state index contributed by atoms with van der Waals surface area (Å²) in [6.45, 7) is 0.0485. The molecule has 4 bridgehead atoms. The van der Waals surface area contributed by atoms with E-state index in [1.807, 2.05) is 0 Å². The SMILES string of the molecule is CNC(=O)NC(=O)COC(=O)[C@@H]1CCCN1C(=O)C12CC3CC(CC(C3)C1)C2. The van der Waals surface area contributed by atoms with E-state index in [9.17, 15) is 19.2 Å². The summed E-state index contributed by atoms with van der Waals surface area (Å²) in [6, 6.07) is -1.27. The van der Waals surface area contributed by atoms with E-state index in [2.05, 4.69) is 10.6 Å². The lowest BCUT2D eigenvalue weighted by Gasteiger charge is -2.56. The number of nitrogens with one attached hydrogen (secondary N) is 2. The Morgan fingerprint density at radius 2 is 1.64 bits per heavy atom. The number of hydrogen-bond acceptors (Lipinski definition) is 5. The van der Waals surface area contributed by atoms with Crippen LogP contribution in [-0.2, 0) is 19.1 Å². The minimum Gasteiger partial charge on any atom is -0.454 e. The van der Waals surface area contributed by atoms with Crippen molar-refractivity contribution in [2.45, 2.75) is 57.4 Å². The molecule has 1 atom stereocenters. The Hall–Kier alpha value is -2.12. The van der Waals surface area contributed by atoms with Crippen molar-refractivity contribution in [3.8, 4) is 0 Å². The summed E-state index contributed by atoms with van der Waals surface area (Å²) in [5.74, 6) is 0.873. The zero-order valence-corrected chi connectivity index (χ0v) is 16.4. The van der Waals surface area contributed by atoms with E-state index in [-0.39, 0.29) is 11.3 Å². The molecule has 0 spiro atoms. The second-order valence-electron chi connectivity index (χ2n) is 9.09. The molecule has 0 aromatic carbocycles. The van der Waals surface area contributed by atoms with Crippen molar-refractivity contribution in [2.24, 2.45) is 23.2 Å². The molecule has 2 N–H and O–H groups in total. The molecule has 0 aromatic rings. The zero-order chi connectivity index (χ0) is 19.9. The molecule has 4 saturated carbocycles. The van der Waals surface area contributed by atoms with Crippen molar-refractivity contribution < 1.29 is 23.9 Å². The predicted molar refractivity (Wildman–Crippen MR) is 98.9 cm³/mol. The molecule has 1 heterocycles. The van der Waals surface area contributed by atoms with E-state index in [1.54, 1.807) is 4.90 Å². The molecular formula is C20H29N3O5. The van der Waals surface area contributed by atoms with Gasteiger partial charge in [-0.3, -0.25) is 14.9 Å². The van der Waals surface area contributed by atoms with Gasteiger partial charge < -0.3 is 15.0 Å². The number of ether oxygens (including phenoxy) is 1. The maximum Gasteiger partial charge on any atom is 0.329 e. The van der Waals surface area contributed by atoms with E-state index in [0.717, 1.165) is 25.7 Å². The first-order valence-electron chi connectivity index (χ1n) is 10.4. The highest BCUT2D eigenvalue weighted by atomic mass is 16.5. The molecule has 0 unspecified atom stereocenters. The molecule has 5 rings (SSSR count). The minimum atomic E-state index is -0.690. The Morgan fingerprint density at radius 3 is 2.21 bits per heavy atom. The van der Waals surface area contributed by atoms with Crippen molar-refractivity contribution in [3.63, 3.8) is 0 Å². The molecule has 1 saturated heterocycles. The van der Waals surface area contributed by atoms with E-state index < -0.39 is 30.6 Å². The van der Waals surface area contributed by atoms with Crippen LogP contribution in [0.15, 0.2) is 0 Å². The summed E-state index contributed by atoms with van der Waals surface area (Å²) in [4.78, 5) is 50.6. The van der Waals surface area contributed by atoms with Crippen LogP contribution in [0.4, 0.5) is 4.79 Å². The van der Waals surface area contributed by atoms with Crippen LogP contribution in [0.3, 0.4) is 0 Å². The standard InChI is InChI=1S/C20H29N3O5/c1-21-19(27)22-16(24)11-28-17(25)15-3-2-4-23(15)18(26)20-8-12-5-13(9-20)7-14(6-12)10-20/h12-15H,2-11H2,1H3,(H2,21,22,24,27)/t12?,13?,14?,15-,20?/m0/s1. The van der Waals surface area contributed by atoms with Crippen LogP contribution >= 0.6 is 0 Å². The van der Waals surface area contributed by atoms with E-state index in [1.165, 1.54) is 26.3 Å². The van der Waals surface area contributed by atoms with Crippen LogP contribution in [0.25, 0.3) is 0 Å². The number of carbonyl (C=O) groups excluding carboxylic acids is 4. The van der Waals surface area contributed by atoms with Gasteiger partial charge in [-0.15, -0.1) is 0 Å². The third-order valence-electron chi connectivity index (χ3n) is 7.10. The van der Waals surface area contributed by atoms with Crippen molar-refractivity contribution in [2.75, 3.05) is 20.2 Å². The summed E-state index contributed by atoms with van der Waals surface area (Å²) in [5.41, 5.74) is -0.284. The Morgan fingerprint density at radius 1 is 1.04 bits per heavy atom. The van der Waals surface area contributed by atoms with Gasteiger partial charge in [0.15, 0.2) is 6.61 Å². The number of urea groups is 1. The third kappa shape index (κ3) is 3.49. The normalized spacial score (nSPS) is 35.5. The summed E-state index contributed by atoms with van der Waals surface area (Å²) in [7, 11) is 1.39. The molecule has 8 heteroatoms. The van der Waals surface area contributed by atoms with Gasteiger partial charge in [0.05, 0.1) is 5.41 Å². The number of rotatable bonds is 4. The van der Waals surface area contributed by atoms with Crippen molar-refractivity contribution in [1.29, 1.82) is 0 Å². The van der Waals surface area contributed by atoms with E-state index in [4.69, 9.17) is 4.74 Å². The molecule has 4 aliphatic carbocycles. The third-order valence-corrected chi connectivity index (χ3v) is 7.10. The second-order valence-corrected chi connectivity index (χ2v) is 9.09. The van der Waals surface area contributed by atoms with Gasteiger partial charge in [-0.1, -0.05) is 0 Å². The summed E-state index contributed by atoms with van der Waals surface area (Å²) < 4.78 is 5.11. The highest BCUT2D eigenvalue weighted by molar-refractivity contribution is 5.96. The van der Waals surface area contributed by atoms with Crippen LogP contribution in [0.5, 0.6) is 0 Å². The van der Waals surface area contributed by atoms with Gasteiger partial charge in [-0.25, -0.2) is 9.59 Å². The number of amides is 4. The fraction of sp³-hybridized carbons (Fsp3) is 0.800. The van der Waals surface area contributed by atoms with Crippen LogP contribution in [0, 0.1) is 23.2 Å². The summed E-state index contributed by atoms with van der Waals surface area (Å²) in [5, 5.41) is 4.31. The van der Waals surface area contributed by atoms with Gasteiger partial charge in [0.25, 0.3) is 5.91 Å². The number of nitrogens with zero attached hydrogens (tertiary/aromatic N) is 1. The van der Waals surface area contributed by atoms with E-state index >= 15 is 0 Å². The van der Waals surface area contributed by atoms with Gasteiger partial charge in [0.2, 0.25) is 5.91 Å². The molecule has 5 fully saturated rings. The van der Waals surface area contributed by atoms with Gasteiger partial charge in [-0.2, -0.15) is 0 Å². The van der Waals surface area contributed by atoms with Crippen molar-refractivity contribution >= 4 is 23.8 Å². The Bertz CT molecular complexity index is 656. The summed E-state index contributed by atoms with van der Waals surface area (Å²) in [6.07, 6.45) is 8.01. The van der Waals surface area contributed by atoms with Crippen LogP contribution in [-0.4, -0.2) is 55.0 Å². The summed E-state index contributed by atoms with van der Waals surface area (Å²) >= 11 is 0. The Labute approximate surface area is 164 Å². The molecule has 1 aliphatic heterocycles. The Balaban J connectivity index is 1.38. The lowest BCUT2D eigenvalue weighted by atomic mass is 9.49. The lowest BCUT2D eigenvalue weighted by Crippen LogP contribution is -2.56. The smallest absolute Gasteiger partial charge is 0.329 e. The monoisotopic (exact) mass is 391 g/mol. The first-order valence-corrected chi connectivity index (χ1v) is 10.4. The molecule has 8 nitrogen and oxygen atoms in total. The number of esters is 1. The fourth-order valence-electron chi connectivity index (χ4n) is 6.39. The number of likely N-dealkylation sites (tertiary alicyclic amines) is 1. The number of hydrogen-bond donors (Lipinski definition) is 2. The quantitative estimate of drug-likeness (QED) is 0.701. The van der Waals surface area contributed by atoms with Gasteiger partial charge in [-0.05, 0) is 69.1 Å². The average molecular weight is 391 g/mol. The average Bonchev–Trinajstić information content (AvgIpc) is 3.14. The maximum atomic E-state index is 13.5. The molecule has 0 aromatic heterocycles. The minimum absolute atomic E-state index is 0.126. The number of carbonyl (C=O) groups is 4. The first kappa shape index (κ1) is 19.2.